The van der Waals surface area contributed by atoms with Crippen LogP contribution in [0.3, 0.4) is 0 Å². The highest BCUT2D eigenvalue weighted by Crippen LogP contribution is 2.17. The van der Waals surface area contributed by atoms with Gasteiger partial charge < -0.3 is 15.2 Å². The standard InChI is InChI=1S/C19H19FN4O3/c1-27-17-5-3-2-4-14(17)10-21-19(26)18-22-12-24(23-18)11-16(25)13-6-8-15(20)9-7-13/h2-9,12,16,25H,10-11H2,1H3,(H,21,26)/t16-/m0/s1. The first-order chi connectivity index (χ1) is 13.1. The van der Waals surface area contributed by atoms with Crippen molar-refractivity contribution in [3.63, 3.8) is 0 Å². The number of rotatable bonds is 7. The Morgan fingerprint density at radius 1 is 1.26 bits per heavy atom. The molecule has 3 rings (SSSR count). The third-order valence-electron chi connectivity index (χ3n) is 3.99. The van der Waals surface area contributed by atoms with Crippen molar-refractivity contribution in [3.05, 3.63) is 77.6 Å². The smallest absolute Gasteiger partial charge is 0.291 e. The van der Waals surface area contributed by atoms with Crippen molar-refractivity contribution in [2.75, 3.05) is 7.11 Å². The Morgan fingerprint density at radius 2 is 2.00 bits per heavy atom. The molecule has 2 aromatic carbocycles. The average molecular weight is 370 g/mol. The van der Waals surface area contributed by atoms with E-state index in [0.29, 0.717) is 11.3 Å². The highest BCUT2D eigenvalue weighted by molar-refractivity contribution is 5.90. The van der Waals surface area contributed by atoms with Crippen LogP contribution in [0.5, 0.6) is 5.75 Å². The number of amides is 1. The molecule has 27 heavy (non-hydrogen) atoms. The number of aromatic nitrogens is 3. The number of aliphatic hydroxyl groups excluding tert-OH is 1. The van der Waals surface area contributed by atoms with Crippen molar-refractivity contribution in [3.8, 4) is 5.75 Å². The summed E-state index contributed by atoms with van der Waals surface area (Å²) >= 11 is 0. The van der Waals surface area contributed by atoms with Crippen molar-refractivity contribution in [2.24, 2.45) is 0 Å². The van der Waals surface area contributed by atoms with Gasteiger partial charge in [0.1, 0.15) is 17.9 Å². The molecule has 7 nitrogen and oxygen atoms in total. The molecule has 0 aliphatic carbocycles. The van der Waals surface area contributed by atoms with Gasteiger partial charge in [-0.2, -0.15) is 0 Å². The van der Waals surface area contributed by atoms with Gasteiger partial charge in [0, 0.05) is 12.1 Å². The first-order valence-corrected chi connectivity index (χ1v) is 8.30. The lowest BCUT2D eigenvalue weighted by molar-refractivity contribution is 0.0938. The summed E-state index contributed by atoms with van der Waals surface area (Å²) < 4.78 is 19.6. The van der Waals surface area contributed by atoms with Gasteiger partial charge in [-0.15, -0.1) is 5.10 Å². The van der Waals surface area contributed by atoms with E-state index < -0.39 is 12.0 Å². The van der Waals surface area contributed by atoms with Crippen molar-refractivity contribution in [2.45, 2.75) is 19.2 Å². The summed E-state index contributed by atoms with van der Waals surface area (Å²) in [6.45, 7) is 0.369. The number of carbonyl (C=O) groups is 1. The second kappa shape index (κ2) is 8.41. The number of benzene rings is 2. The van der Waals surface area contributed by atoms with Crippen LogP contribution >= 0.6 is 0 Å². The predicted octanol–water partition coefficient (Wildman–Crippen LogP) is 2.09. The minimum Gasteiger partial charge on any atom is -0.496 e. The molecule has 3 aromatic rings. The lowest BCUT2D eigenvalue weighted by atomic mass is 10.1. The predicted molar refractivity (Wildman–Crippen MR) is 95.5 cm³/mol. The fourth-order valence-corrected chi connectivity index (χ4v) is 2.56. The van der Waals surface area contributed by atoms with E-state index in [9.17, 15) is 14.3 Å². The Bertz CT molecular complexity index is 911. The number of nitrogens with zero attached hydrogens (tertiary/aromatic N) is 3. The number of hydrogen-bond acceptors (Lipinski definition) is 5. The van der Waals surface area contributed by atoms with Gasteiger partial charge in [0.2, 0.25) is 5.82 Å². The van der Waals surface area contributed by atoms with Gasteiger partial charge in [-0.3, -0.25) is 4.79 Å². The fourth-order valence-electron chi connectivity index (χ4n) is 2.56. The van der Waals surface area contributed by atoms with Gasteiger partial charge in [-0.05, 0) is 23.8 Å². The molecule has 1 aromatic heterocycles. The highest BCUT2D eigenvalue weighted by Gasteiger charge is 2.15. The second-order valence-electron chi connectivity index (χ2n) is 5.85. The molecular formula is C19H19FN4O3. The molecule has 1 heterocycles. The van der Waals surface area contributed by atoms with Gasteiger partial charge >= 0.3 is 0 Å². The van der Waals surface area contributed by atoms with Gasteiger partial charge in [0.05, 0.1) is 19.8 Å². The van der Waals surface area contributed by atoms with Crippen LogP contribution in [-0.4, -0.2) is 32.9 Å². The zero-order valence-corrected chi connectivity index (χ0v) is 14.7. The minimum atomic E-state index is -0.892. The molecule has 0 radical (unpaired) electrons. The zero-order chi connectivity index (χ0) is 19.2. The van der Waals surface area contributed by atoms with Gasteiger partial charge in [0.25, 0.3) is 5.91 Å². The van der Waals surface area contributed by atoms with E-state index in [-0.39, 0.29) is 24.7 Å². The summed E-state index contributed by atoms with van der Waals surface area (Å²) in [7, 11) is 1.57. The summed E-state index contributed by atoms with van der Waals surface area (Å²) in [5.74, 6) is -0.133. The third kappa shape index (κ3) is 4.68. The van der Waals surface area contributed by atoms with E-state index >= 15 is 0 Å². The van der Waals surface area contributed by atoms with Crippen molar-refractivity contribution < 1.29 is 19.0 Å². The monoisotopic (exact) mass is 370 g/mol. The van der Waals surface area contributed by atoms with E-state index in [1.54, 1.807) is 7.11 Å². The maximum absolute atomic E-state index is 13.0. The Balaban J connectivity index is 1.59. The largest absolute Gasteiger partial charge is 0.496 e. The molecule has 8 heteroatoms. The quantitative estimate of drug-likeness (QED) is 0.665. The average Bonchev–Trinajstić information content (AvgIpc) is 3.15. The summed E-state index contributed by atoms with van der Waals surface area (Å²) in [4.78, 5) is 16.2. The molecule has 1 amide bonds. The molecule has 140 valence electrons. The lowest BCUT2D eigenvalue weighted by Crippen LogP contribution is -2.24. The molecule has 0 unspecified atom stereocenters. The minimum absolute atomic E-state index is 0.00351. The normalized spacial score (nSPS) is 11.8. The van der Waals surface area contributed by atoms with E-state index in [4.69, 9.17) is 4.74 Å². The van der Waals surface area contributed by atoms with Gasteiger partial charge in [0.15, 0.2) is 0 Å². The Morgan fingerprint density at radius 3 is 2.74 bits per heavy atom. The van der Waals surface area contributed by atoms with Gasteiger partial charge in [-0.25, -0.2) is 14.1 Å². The Hall–Kier alpha value is -3.26. The molecule has 0 saturated heterocycles. The summed E-state index contributed by atoms with van der Waals surface area (Å²) in [6, 6.07) is 12.9. The lowest BCUT2D eigenvalue weighted by Gasteiger charge is -2.10. The first-order valence-electron chi connectivity index (χ1n) is 8.30. The van der Waals surface area contributed by atoms with Crippen LogP contribution in [0.2, 0.25) is 0 Å². The van der Waals surface area contributed by atoms with Crippen molar-refractivity contribution in [1.82, 2.24) is 20.1 Å². The number of para-hydroxylation sites is 1. The topological polar surface area (TPSA) is 89.3 Å². The molecule has 0 aliphatic heterocycles. The van der Waals surface area contributed by atoms with Crippen LogP contribution in [0.1, 0.15) is 27.8 Å². The first kappa shape index (κ1) is 18.5. The van der Waals surface area contributed by atoms with Crippen LogP contribution in [-0.2, 0) is 13.1 Å². The van der Waals surface area contributed by atoms with Crippen LogP contribution in [0.4, 0.5) is 4.39 Å². The van der Waals surface area contributed by atoms with Crippen molar-refractivity contribution >= 4 is 5.91 Å². The van der Waals surface area contributed by atoms with E-state index in [1.807, 2.05) is 24.3 Å². The van der Waals surface area contributed by atoms with E-state index in [1.165, 1.54) is 35.3 Å². The SMILES string of the molecule is COc1ccccc1CNC(=O)c1ncn(C[C@H](O)c2ccc(F)cc2)n1. The number of nitrogens with one attached hydrogen (secondary N) is 1. The number of carbonyl (C=O) groups excluding carboxylic acids is 1. The van der Waals surface area contributed by atoms with Gasteiger partial charge in [-0.1, -0.05) is 30.3 Å². The summed E-state index contributed by atoms with van der Waals surface area (Å²) in [5, 5.41) is 17.0. The van der Waals surface area contributed by atoms with Crippen LogP contribution in [0.15, 0.2) is 54.9 Å². The Kier molecular flexibility index (Phi) is 5.77. The molecule has 1 atom stereocenters. The van der Waals surface area contributed by atoms with E-state index in [2.05, 4.69) is 15.4 Å². The van der Waals surface area contributed by atoms with Crippen LogP contribution < -0.4 is 10.1 Å². The molecule has 0 saturated carbocycles. The number of ether oxygens (including phenoxy) is 1. The molecular weight excluding hydrogens is 351 g/mol. The number of hydrogen-bond donors (Lipinski definition) is 2. The zero-order valence-electron chi connectivity index (χ0n) is 14.7. The highest BCUT2D eigenvalue weighted by atomic mass is 19.1. The van der Waals surface area contributed by atoms with Crippen LogP contribution in [0, 0.1) is 5.82 Å². The molecule has 0 spiro atoms. The molecule has 2 N–H and O–H groups in total. The number of halogens is 1. The summed E-state index contributed by atoms with van der Waals surface area (Å²) in [5.41, 5.74) is 1.38. The maximum atomic E-state index is 13.0. The fraction of sp³-hybridized carbons (Fsp3) is 0.211. The number of methoxy groups -OCH3 is 1. The summed E-state index contributed by atoms with van der Waals surface area (Å²) in [6.07, 6.45) is 0.474. The molecule has 0 aliphatic rings. The van der Waals surface area contributed by atoms with Crippen LogP contribution in [0.25, 0.3) is 0 Å². The second-order valence-corrected chi connectivity index (χ2v) is 5.85. The Labute approximate surface area is 155 Å². The third-order valence-corrected chi connectivity index (χ3v) is 3.99. The maximum Gasteiger partial charge on any atom is 0.291 e. The molecule has 0 fully saturated rings. The molecule has 0 bridgehead atoms. The van der Waals surface area contributed by atoms with E-state index in [0.717, 1.165) is 5.56 Å². The van der Waals surface area contributed by atoms with Crippen molar-refractivity contribution in [1.29, 1.82) is 0 Å². The number of aliphatic hydroxyl groups is 1.